The van der Waals surface area contributed by atoms with Gasteiger partial charge in [0, 0.05) is 29.5 Å². The number of benzene rings is 2. The molecule has 0 unspecified atom stereocenters. The second-order valence-corrected chi connectivity index (χ2v) is 10.7. The second-order valence-electron chi connectivity index (χ2n) is 5.66. The van der Waals surface area contributed by atoms with E-state index in [9.17, 15) is 9.32 Å². The maximum absolute atomic E-state index is 12.4. The van der Waals surface area contributed by atoms with Crippen molar-refractivity contribution >= 4 is 25.7 Å². The lowest BCUT2D eigenvalue weighted by Gasteiger charge is -2.32. The summed E-state index contributed by atoms with van der Waals surface area (Å²) in [5.74, 6) is 0.281. The molecule has 0 heterocycles. The highest BCUT2D eigenvalue weighted by atomic mass is 32.3. The third-order valence-electron chi connectivity index (χ3n) is 2.66. The molecule has 98 valence electrons. The summed E-state index contributed by atoms with van der Waals surface area (Å²) in [5, 5.41) is 11.7. The van der Waals surface area contributed by atoms with E-state index in [1.165, 1.54) is 0 Å². The van der Waals surface area contributed by atoms with Gasteiger partial charge in [-0.3, -0.25) is 4.21 Å². The zero-order valence-corrected chi connectivity index (χ0v) is 12.0. The number of hydrogen-bond donors (Lipinski definition) is 2. The minimum Gasteiger partial charge on any atom is -0.507 e. The Morgan fingerprint density at radius 2 is 1.67 bits per heavy atom. The smallest absolute Gasteiger partial charge is 0.126 e. The molecule has 0 saturated heterocycles. The molecule has 0 aliphatic heterocycles. The van der Waals surface area contributed by atoms with E-state index in [-0.39, 0.29) is 5.75 Å². The molecule has 3 nitrogen and oxygen atoms in total. The molecule has 2 N–H and O–H groups in total. The first-order valence-electron chi connectivity index (χ1n) is 5.72. The van der Waals surface area contributed by atoms with Crippen LogP contribution in [0.4, 0.5) is 5.69 Å². The van der Waals surface area contributed by atoms with Gasteiger partial charge in [-0.2, -0.15) is 0 Å². The lowest BCUT2D eigenvalue weighted by atomic mass is 10.0. The van der Waals surface area contributed by atoms with Crippen LogP contribution < -0.4 is 4.72 Å². The average Bonchev–Trinajstić information content (AvgIpc) is 2.23. The fourth-order valence-electron chi connectivity index (χ4n) is 1.96. The quantitative estimate of drug-likeness (QED) is 0.820. The molecule has 4 heteroatoms. The van der Waals surface area contributed by atoms with Crippen LogP contribution in [-0.2, 0) is 9.25 Å². The van der Waals surface area contributed by atoms with Gasteiger partial charge in [-0.05, 0) is 27.8 Å². The number of phenols is 1. The van der Waals surface area contributed by atoms with Crippen LogP contribution in [0.1, 0.15) is 5.56 Å². The third-order valence-corrected chi connectivity index (χ3v) is 3.58. The highest BCUT2D eigenvalue weighted by molar-refractivity contribution is 8.19. The van der Waals surface area contributed by atoms with E-state index in [2.05, 4.69) is 4.72 Å². The summed E-state index contributed by atoms with van der Waals surface area (Å²) in [6.45, 7) is 1.84. The molecule has 2 aromatic rings. The molecule has 2 rings (SSSR count). The predicted octanol–water partition coefficient (Wildman–Crippen LogP) is 2.89. The fourth-order valence-corrected chi connectivity index (χ4v) is 2.88. The number of nitrogens with one attached hydrogen (secondary N) is 1. The van der Waals surface area contributed by atoms with Gasteiger partial charge in [0.15, 0.2) is 0 Å². The Kier molecular flexibility index (Phi) is 2.66. The number of anilines is 1. The molecule has 0 atom stereocenters. The Morgan fingerprint density at radius 3 is 2.22 bits per heavy atom. The molecule has 0 aliphatic carbocycles. The van der Waals surface area contributed by atoms with Gasteiger partial charge in [0.1, 0.15) is 5.75 Å². The molecule has 0 amide bonds. The van der Waals surface area contributed by atoms with E-state index in [1.807, 2.05) is 37.3 Å². The van der Waals surface area contributed by atoms with Crippen LogP contribution in [-0.4, -0.2) is 28.1 Å². The monoisotopic (exact) mass is 265 g/mol. The van der Waals surface area contributed by atoms with Gasteiger partial charge in [-0.15, -0.1) is 0 Å². The number of aryl methyl sites for hydroxylation is 1. The summed E-state index contributed by atoms with van der Waals surface area (Å²) < 4.78 is 15.5. The largest absolute Gasteiger partial charge is 0.507 e. The molecule has 0 spiro atoms. The number of rotatable bonds is 2. The summed E-state index contributed by atoms with van der Waals surface area (Å²) >= 11 is 0. The Bertz CT molecular complexity index is 674. The van der Waals surface area contributed by atoms with Gasteiger partial charge in [0.05, 0.1) is 5.69 Å². The normalized spacial score (nSPS) is 14.1. The van der Waals surface area contributed by atoms with Crippen LogP contribution in [0.15, 0.2) is 30.3 Å². The van der Waals surface area contributed by atoms with Crippen molar-refractivity contribution in [2.75, 3.05) is 23.5 Å². The van der Waals surface area contributed by atoms with Crippen molar-refractivity contribution < 1.29 is 9.32 Å². The average molecular weight is 265 g/mol. The molecule has 0 fully saturated rings. The van der Waals surface area contributed by atoms with Crippen molar-refractivity contribution in [3.8, 4) is 5.75 Å². The molecular formula is C14H19NO2S. The molecule has 0 aliphatic rings. The van der Waals surface area contributed by atoms with E-state index >= 15 is 0 Å². The van der Waals surface area contributed by atoms with Crippen LogP contribution in [0.5, 0.6) is 5.75 Å². The van der Waals surface area contributed by atoms with Gasteiger partial charge in [0.2, 0.25) is 0 Å². The van der Waals surface area contributed by atoms with Gasteiger partial charge in [-0.25, -0.2) is 0 Å². The van der Waals surface area contributed by atoms with Gasteiger partial charge >= 0.3 is 0 Å². The standard InChI is InChI=1S/C14H19NO2S/c1-10-9-13(15-18(2,3,4)17)11-7-5-6-8-12(11)14(10)16/h5-9,16H,1-4H3,(H,15,17). The Hall–Kier alpha value is -1.55. The van der Waals surface area contributed by atoms with Crippen LogP contribution in [0.3, 0.4) is 0 Å². The highest BCUT2D eigenvalue weighted by Gasteiger charge is 2.19. The van der Waals surface area contributed by atoms with Crippen LogP contribution in [0.25, 0.3) is 10.8 Å². The van der Waals surface area contributed by atoms with Crippen molar-refractivity contribution in [1.29, 1.82) is 0 Å². The van der Waals surface area contributed by atoms with Crippen molar-refractivity contribution in [2.45, 2.75) is 6.92 Å². The summed E-state index contributed by atoms with van der Waals surface area (Å²) in [5.41, 5.74) is 1.57. The predicted molar refractivity (Wildman–Crippen MR) is 79.9 cm³/mol. The van der Waals surface area contributed by atoms with E-state index in [0.717, 1.165) is 22.0 Å². The summed E-state index contributed by atoms with van der Waals surface area (Å²) in [4.78, 5) is 0. The van der Waals surface area contributed by atoms with Crippen LogP contribution >= 0.6 is 0 Å². The second kappa shape index (κ2) is 3.72. The minimum absolute atomic E-state index is 0.281. The summed E-state index contributed by atoms with van der Waals surface area (Å²) in [6.07, 6.45) is 5.11. The number of fused-ring (bicyclic) bond motifs is 1. The topological polar surface area (TPSA) is 49.3 Å². The molecule has 2 aromatic carbocycles. The molecular weight excluding hydrogens is 246 g/mol. The van der Waals surface area contributed by atoms with Crippen molar-refractivity contribution in [3.05, 3.63) is 35.9 Å². The van der Waals surface area contributed by atoms with Gasteiger partial charge in [-0.1, -0.05) is 24.3 Å². The van der Waals surface area contributed by atoms with Crippen LogP contribution in [0, 0.1) is 6.92 Å². The molecule has 18 heavy (non-hydrogen) atoms. The molecule has 0 saturated carbocycles. The lowest BCUT2D eigenvalue weighted by Crippen LogP contribution is -2.36. The highest BCUT2D eigenvalue weighted by Crippen LogP contribution is 2.35. The lowest BCUT2D eigenvalue weighted by molar-refractivity contribution is 0.477. The first-order valence-corrected chi connectivity index (χ1v) is 8.91. The first-order chi connectivity index (χ1) is 8.13. The zero-order chi connectivity index (χ0) is 13.6. The number of aromatic hydroxyl groups is 1. The third kappa shape index (κ3) is 2.64. The van der Waals surface area contributed by atoms with Gasteiger partial charge < -0.3 is 9.83 Å². The Balaban J connectivity index is 2.73. The maximum Gasteiger partial charge on any atom is 0.126 e. The van der Waals surface area contributed by atoms with E-state index in [1.54, 1.807) is 18.8 Å². The number of hydrogen-bond acceptors (Lipinski definition) is 2. The molecule has 0 bridgehead atoms. The van der Waals surface area contributed by atoms with Gasteiger partial charge in [0.25, 0.3) is 0 Å². The molecule has 0 radical (unpaired) electrons. The summed E-state index contributed by atoms with van der Waals surface area (Å²) in [7, 11) is -2.86. The number of phenolic OH excluding ortho intramolecular Hbond substituents is 1. The Morgan fingerprint density at radius 1 is 1.11 bits per heavy atom. The SMILES string of the molecule is Cc1cc(NS(C)(C)(C)=O)c2ccccc2c1O. The summed E-state index contributed by atoms with van der Waals surface area (Å²) in [6, 6.07) is 9.39. The van der Waals surface area contributed by atoms with Crippen molar-refractivity contribution in [3.63, 3.8) is 0 Å². The van der Waals surface area contributed by atoms with E-state index < -0.39 is 9.25 Å². The Labute approximate surface area is 107 Å². The maximum atomic E-state index is 12.4. The van der Waals surface area contributed by atoms with Crippen LogP contribution in [0.2, 0.25) is 0 Å². The van der Waals surface area contributed by atoms with E-state index in [4.69, 9.17) is 0 Å². The minimum atomic E-state index is -2.86. The van der Waals surface area contributed by atoms with Crippen molar-refractivity contribution in [1.82, 2.24) is 0 Å². The van der Waals surface area contributed by atoms with Crippen molar-refractivity contribution in [2.24, 2.45) is 0 Å². The molecule has 0 aromatic heterocycles. The zero-order valence-electron chi connectivity index (χ0n) is 11.2. The fraction of sp³-hybridized carbons (Fsp3) is 0.286. The first kappa shape index (κ1) is 12.9. The van der Waals surface area contributed by atoms with E-state index in [0.29, 0.717) is 0 Å².